The van der Waals surface area contributed by atoms with Crippen LogP contribution >= 0.6 is 7.52 Å². The van der Waals surface area contributed by atoms with Crippen molar-refractivity contribution in [1.82, 2.24) is 4.57 Å². The highest BCUT2D eigenvalue weighted by Crippen LogP contribution is 2.50. The van der Waals surface area contributed by atoms with Crippen molar-refractivity contribution >= 4 is 40.1 Å². The minimum atomic E-state index is -4.35. The first-order valence-corrected chi connectivity index (χ1v) is 14.5. The molecule has 1 aromatic carbocycles. The largest absolute Gasteiger partial charge is 0.505 e. The summed E-state index contributed by atoms with van der Waals surface area (Å²) in [5.41, 5.74) is 0.259. The molecule has 0 saturated carbocycles. The van der Waals surface area contributed by atoms with E-state index in [1.54, 1.807) is 4.57 Å². The van der Waals surface area contributed by atoms with Gasteiger partial charge in [-0.15, -0.1) is 0 Å². The molecule has 2 heterocycles. The van der Waals surface area contributed by atoms with Crippen LogP contribution in [0.25, 0.3) is 0 Å². The molecule has 1 aromatic heterocycles. The summed E-state index contributed by atoms with van der Waals surface area (Å²) in [5, 5.41) is 25.1. The second kappa shape index (κ2) is 8.94. The minimum absolute atomic E-state index is 0.0488. The van der Waals surface area contributed by atoms with Gasteiger partial charge in [0.1, 0.15) is 5.56 Å². The molecular weight excluding hydrogens is 479 g/mol. The van der Waals surface area contributed by atoms with Crippen molar-refractivity contribution in [2.45, 2.75) is 59.4 Å². The fourth-order valence-electron chi connectivity index (χ4n) is 3.95. The summed E-state index contributed by atoms with van der Waals surface area (Å²) >= 11 is 0. The van der Waals surface area contributed by atoms with Crippen molar-refractivity contribution in [3.63, 3.8) is 0 Å². The van der Waals surface area contributed by atoms with E-state index < -0.39 is 23.0 Å². The van der Waals surface area contributed by atoms with Crippen molar-refractivity contribution in [3.8, 4) is 11.6 Å². The summed E-state index contributed by atoms with van der Waals surface area (Å²) in [6.07, 6.45) is 2.72. The summed E-state index contributed by atoms with van der Waals surface area (Å²) in [4.78, 5) is 10.7. The summed E-state index contributed by atoms with van der Waals surface area (Å²) < 4.78 is 44.0. The van der Waals surface area contributed by atoms with Gasteiger partial charge in [0.25, 0.3) is 0 Å². The highest BCUT2D eigenvalue weighted by Gasteiger charge is 2.37. The quantitative estimate of drug-likeness (QED) is 0.355. The predicted octanol–water partition coefficient (Wildman–Crippen LogP) is 3.69. The number of rotatable bonds is 7. The molecular formula is C22H33N4O6PS. The molecule has 5 N–H and O–H groups in total. The van der Waals surface area contributed by atoms with Crippen molar-refractivity contribution in [2.24, 2.45) is 10.7 Å². The fraction of sp³-hybridized carbons (Fsp3) is 0.500. The number of sulfonamides is 1. The topological polar surface area (TPSA) is 153 Å². The standard InChI is InChI=1S/C22H33N4O6PS/c1-7-13(2)10-11-26-19(22(3,4)5)18(27)17(21(26)28)20-23-15-9-8-14(25-34(6,31)32)12-16(15)33(29,30)24-20/h8-9,12-13,25,27-28H,7,10-11H2,1-6H3,(H2,23,24,29,30). The zero-order chi connectivity index (χ0) is 25.6. The molecule has 0 saturated heterocycles. The van der Waals surface area contributed by atoms with E-state index in [1.807, 2.05) is 20.8 Å². The van der Waals surface area contributed by atoms with Crippen molar-refractivity contribution in [3.05, 3.63) is 29.5 Å². The molecule has 2 unspecified atom stereocenters. The Morgan fingerprint density at radius 3 is 2.47 bits per heavy atom. The zero-order valence-corrected chi connectivity index (χ0v) is 22.0. The van der Waals surface area contributed by atoms with Gasteiger partial charge in [-0.1, -0.05) is 41.0 Å². The fourth-order valence-corrected chi connectivity index (χ4v) is 5.79. The average Bonchev–Trinajstić information content (AvgIpc) is 2.94. The van der Waals surface area contributed by atoms with E-state index >= 15 is 0 Å². The second-order valence-corrected chi connectivity index (χ2v) is 13.3. The van der Waals surface area contributed by atoms with Crippen LogP contribution in [0.5, 0.6) is 11.6 Å². The van der Waals surface area contributed by atoms with Crippen LogP contribution < -0.4 is 15.3 Å². The van der Waals surface area contributed by atoms with Gasteiger partial charge in [0.2, 0.25) is 15.9 Å². The van der Waals surface area contributed by atoms with Gasteiger partial charge >= 0.3 is 7.52 Å². The molecule has 0 aliphatic carbocycles. The van der Waals surface area contributed by atoms with E-state index in [1.165, 1.54) is 18.2 Å². The summed E-state index contributed by atoms with van der Waals surface area (Å²) in [7, 11) is -7.94. The molecule has 188 valence electrons. The Morgan fingerprint density at radius 1 is 1.26 bits per heavy atom. The molecule has 0 fully saturated rings. The van der Waals surface area contributed by atoms with Crippen molar-refractivity contribution < 1.29 is 28.1 Å². The summed E-state index contributed by atoms with van der Waals surface area (Å²) in [5.74, 6) is -0.176. The summed E-state index contributed by atoms with van der Waals surface area (Å²) in [6, 6.07) is 4.12. The number of aromatic hydroxyl groups is 2. The Morgan fingerprint density at radius 2 is 1.91 bits per heavy atom. The van der Waals surface area contributed by atoms with Crippen molar-refractivity contribution in [2.75, 3.05) is 16.3 Å². The number of nitrogens with one attached hydrogen (secondary N) is 2. The number of fused-ring (bicyclic) bond motifs is 1. The van der Waals surface area contributed by atoms with E-state index in [0.29, 0.717) is 18.2 Å². The third kappa shape index (κ3) is 5.26. The van der Waals surface area contributed by atoms with Gasteiger partial charge in [-0.3, -0.25) is 9.29 Å². The van der Waals surface area contributed by atoms with Gasteiger partial charge in [0.05, 0.1) is 22.9 Å². The smallest absolute Gasteiger partial charge is 0.346 e. The monoisotopic (exact) mass is 512 g/mol. The van der Waals surface area contributed by atoms with Crippen LogP contribution in [0.3, 0.4) is 0 Å². The van der Waals surface area contributed by atoms with E-state index in [4.69, 9.17) is 0 Å². The number of aromatic nitrogens is 1. The van der Waals surface area contributed by atoms with Crippen molar-refractivity contribution in [1.29, 1.82) is 0 Å². The molecule has 10 nitrogen and oxygen atoms in total. The van der Waals surface area contributed by atoms with Gasteiger partial charge in [-0.2, -0.15) is 4.76 Å². The Balaban J connectivity index is 2.11. The molecule has 34 heavy (non-hydrogen) atoms. The van der Waals surface area contributed by atoms with Crippen LogP contribution in [0.2, 0.25) is 0 Å². The maximum atomic E-state index is 13.1. The first kappa shape index (κ1) is 26.1. The van der Waals surface area contributed by atoms with E-state index in [9.17, 15) is 28.1 Å². The van der Waals surface area contributed by atoms with E-state index in [-0.39, 0.29) is 39.7 Å². The van der Waals surface area contributed by atoms with Crippen LogP contribution in [0.4, 0.5) is 11.4 Å². The molecule has 0 spiro atoms. The van der Waals surface area contributed by atoms with E-state index in [0.717, 1.165) is 19.1 Å². The average molecular weight is 513 g/mol. The maximum absolute atomic E-state index is 13.1. The molecule has 0 amide bonds. The lowest BCUT2D eigenvalue weighted by molar-refractivity contribution is 0.369. The number of amidine groups is 1. The van der Waals surface area contributed by atoms with Gasteiger partial charge in [0, 0.05) is 17.6 Å². The maximum Gasteiger partial charge on any atom is 0.346 e. The lowest BCUT2D eigenvalue weighted by Gasteiger charge is -2.23. The number of anilines is 2. The Bertz CT molecular complexity index is 1290. The molecule has 1 aliphatic rings. The number of hydrogen-bond acceptors (Lipinski definition) is 6. The summed E-state index contributed by atoms with van der Waals surface area (Å²) in [6.45, 7) is 10.4. The lowest BCUT2D eigenvalue weighted by Crippen LogP contribution is -2.25. The van der Waals surface area contributed by atoms with Gasteiger partial charge < -0.3 is 25.0 Å². The molecule has 2 aromatic rings. The SMILES string of the molecule is CCC(C)CCn1c(O)c(C2=NP(=O)(O)c3cc(NS(C)(=O)=O)ccc3N2)c(O)c1C(C)(C)C. The molecule has 12 heteroatoms. The van der Waals surface area contributed by atoms with E-state index in [2.05, 4.69) is 28.6 Å². The Hall–Kier alpha value is -2.49. The minimum Gasteiger partial charge on any atom is -0.505 e. The third-order valence-corrected chi connectivity index (χ3v) is 7.88. The van der Waals surface area contributed by atoms with Crippen LogP contribution in [-0.4, -0.2) is 40.2 Å². The highest BCUT2D eigenvalue weighted by molar-refractivity contribution is 7.92. The molecule has 3 rings (SSSR count). The van der Waals surface area contributed by atoms with Crippen LogP contribution in [-0.2, 0) is 26.5 Å². The number of hydrogen-bond donors (Lipinski definition) is 5. The van der Waals surface area contributed by atoms with Crippen LogP contribution in [0.15, 0.2) is 23.0 Å². The molecule has 0 radical (unpaired) electrons. The first-order valence-electron chi connectivity index (χ1n) is 11.0. The van der Waals surface area contributed by atoms with Crippen LogP contribution in [0.1, 0.15) is 58.7 Å². The van der Waals surface area contributed by atoms with Gasteiger partial charge in [0.15, 0.2) is 11.6 Å². The Labute approximate surface area is 200 Å². The lowest BCUT2D eigenvalue weighted by atomic mass is 9.90. The highest BCUT2D eigenvalue weighted by atomic mass is 32.2. The molecule has 2 atom stereocenters. The predicted molar refractivity (Wildman–Crippen MR) is 135 cm³/mol. The normalized spacial score (nSPS) is 19.2. The second-order valence-electron chi connectivity index (χ2n) is 9.82. The third-order valence-electron chi connectivity index (χ3n) is 5.80. The van der Waals surface area contributed by atoms with Gasteiger partial charge in [-0.25, -0.2) is 8.42 Å². The molecule has 1 aliphatic heterocycles. The zero-order valence-electron chi connectivity index (χ0n) is 20.2. The first-order chi connectivity index (χ1) is 15.5. The number of benzene rings is 1. The molecule has 0 bridgehead atoms. The number of nitrogens with zero attached hydrogens (tertiary/aromatic N) is 2. The van der Waals surface area contributed by atoms with Gasteiger partial charge in [-0.05, 0) is 30.5 Å². The van der Waals surface area contributed by atoms with Crippen LogP contribution in [0, 0.1) is 5.92 Å². The Kier molecular flexibility index (Phi) is 6.87.